The smallest absolute Gasteiger partial charge is 0.359 e. The molecule has 0 radical (unpaired) electrons. The van der Waals surface area contributed by atoms with Gasteiger partial charge in [0.05, 0.1) is 31.2 Å². The zero-order valence-corrected chi connectivity index (χ0v) is 22.4. The molecule has 1 saturated heterocycles. The number of rotatable bonds is 10. The Morgan fingerprint density at radius 1 is 1.31 bits per heavy atom. The first-order valence-electron chi connectivity index (χ1n) is 12.2. The topological polar surface area (TPSA) is 247 Å². The van der Waals surface area contributed by atoms with E-state index < -0.39 is 57.1 Å². The minimum Gasteiger partial charge on any atom is -0.393 e. The minimum atomic E-state index is -5.11. The number of aromatic nitrogens is 8. The molecule has 4 heterocycles. The molecule has 0 amide bonds. The van der Waals surface area contributed by atoms with Crippen LogP contribution in [0, 0.1) is 5.92 Å². The van der Waals surface area contributed by atoms with Crippen LogP contribution in [0.15, 0.2) is 6.20 Å². The summed E-state index contributed by atoms with van der Waals surface area (Å²) in [6, 6.07) is 0.201. The van der Waals surface area contributed by atoms with Crippen molar-refractivity contribution in [3.63, 3.8) is 0 Å². The van der Waals surface area contributed by atoms with E-state index in [0.29, 0.717) is 17.1 Å². The molecule has 0 spiro atoms. The van der Waals surface area contributed by atoms with Crippen LogP contribution in [0.4, 0.5) is 5.82 Å². The molecule has 1 aliphatic carbocycles. The zero-order chi connectivity index (χ0) is 27.9. The Labute approximate surface area is 226 Å². The molecule has 2 fully saturated rings. The van der Waals surface area contributed by atoms with Crippen LogP contribution in [0.5, 0.6) is 0 Å². The summed E-state index contributed by atoms with van der Waals surface area (Å²) in [5, 5.41) is 49.9. The van der Waals surface area contributed by atoms with Gasteiger partial charge in [-0.15, -0.1) is 10.2 Å². The van der Waals surface area contributed by atoms with Gasteiger partial charge in [0.1, 0.15) is 24.1 Å². The van der Waals surface area contributed by atoms with Gasteiger partial charge < -0.3 is 39.9 Å². The third-order valence-electron chi connectivity index (χ3n) is 7.31. The van der Waals surface area contributed by atoms with Gasteiger partial charge in [0.15, 0.2) is 23.0 Å². The fourth-order valence-corrected chi connectivity index (χ4v) is 5.91. The summed E-state index contributed by atoms with van der Waals surface area (Å²) >= 11 is 6.20. The maximum absolute atomic E-state index is 12.3. The van der Waals surface area contributed by atoms with Crippen molar-refractivity contribution in [3.8, 4) is 0 Å². The minimum absolute atomic E-state index is 0.0545. The number of ether oxygens (including phenoxy) is 2. The third-order valence-corrected chi connectivity index (χ3v) is 8.97. The lowest BCUT2D eigenvalue weighted by Crippen LogP contribution is -2.43. The van der Waals surface area contributed by atoms with Gasteiger partial charge in [-0.25, -0.2) is 4.68 Å². The first-order valence-corrected chi connectivity index (χ1v) is 14.2. The monoisotopic (exact) mass is 589 g/mol. The van der Waals surface area contributed by atoms with Crippen molar-refractivity contribution >= 4 is 36.0 Å². The van der Waals surface area contributed by atoms with Crippen LogP contribution in [-0.2, 0) is 20.5 Å². The normalized spacial score (nSPS) is 29.2. The maximum Gasteiger partial charge on any atom is 0.359 e. The molecule has 19 heteroatoms. The van der Waals surface area contributed by atoms with E-state index in [1.165, 1.54) is 10.9 Å². The van der Waals surface area contributed by atoms with E-state index in [-0.39, 0.29) is 22.8 Å². The molecule has 5 rings (SSSR count). The summed E-state index contributed by atoms with van der Waals surface area (Å²) < 4.78 is 24.8. The molecule has 3 aromatic heterocycles. The van der Waals surface area contributed by atoms with Crippen molar-refractivity contribution in [2.45, 2.75) is 68.5 Å². The van der Waals surface area contributed by atoms with Crippen LogP contribution in [0.1, 0.15) is 38.2 Å². The second-order valence-electron chi connectivity index (χ2n) is 9.84. The predicted octanol–water partition coefficient (Wildman–Crippen LogP) is -0.662. The molecular formula is C20H29ClN9O8P. The molecule has 7 N–H and O–H groups in total. The number of hydrogen-bond acceptors (Lipinski definition) is 13. The Hall–Kier alpha value is -2.34. The summed E-state index contributed by atoms with van der Waals surface area (Å²) in [4.78, 5) is 28.5. The second kappa shape index (κ2) is 10.9. The number of aliphatic hydroxyl groups is 3. The molecule has 0 bridgehead atoms. The molecule has 3 aromatic rings. The standard InChI is InChI=1S/C20H29ClN9O8P/c1-9-3-2-4-11(9)23-16-10-6-22-30(17(10)25-19(21)24-16)18-15(33)14(32)12(38-18)7-37-20(8-31,39(34,35)36)5-13-26-28-29-27-13/h6,9,11-12,14-15,18,31-33H,2-5,7-8H2,1H3,(H,23,24,25)(H2,34,35,36)(H,26,27,28,29)/t9-,11+,12+,14+,15+,18+,20?/m0/s1. The number of halogens is 1. The number of fused-ring (bicyclic) bond motifs is 1. The summed E-state index contributed by atoms with van der Waals surface area (Å²) in [6.07, 6.45) is -1.49. The average molecular weight is 590 g/mol. The molecule has 17 nitrogen and oxygen atoms in total. The molecule has 7 atom stereocenters. The van der Waals surface area contributed by atoms with E-state index in [0.717, 1.165) is 19.3 Å². The van der Waals surface area contributed by atoms with Crippen LogP contribution >= 0.6 is 19.2 Å². The summed E-state index contributed by atoms with van der Waals surface area (Å²) in [7, 11) is -5.11. The highest BCUT2D eigenvalue weighted by Gasteiger charge is 2.52. The highest BCUT2D eigenvalue weighted by atomic mass is 35.5. The lowest BCUT2D eigenvalue weighted by atomic mass is 10.1. The highest BCUT2D eigenvalue weighted by molar-refractivity contribution is 7.53. The van der Waals surface area contributed by atoms with E-state index >= 15 is 0 Å². The Morgan fingerprint density at radius 2 is 2.10 bits per heavy atom. The van der Waals surface area contributed by atoms with E-state index in [9.17, 15) is 29.7 Å². The first-order chi connectivity index (χ1) is 18.5. The van der Waals surface area contributed by atoms with Crippen molar-refractivity contribution < 1.29 is 39.1 Å². The maximum atomic E-state index is 12.3. The van der Waals surface area contributed by atoms with E-state index in [2.05, 4.69) is 47.9 Å². The van der Waals surface area contributed by atoms with Crippen LogP contribution in [-0.4, -0.2) is 108 Å². The van der Waals surface area contributed by atoms with Crippen LogP contribution < -0.4 is 5.32 Å². The summed E-state index contributed by atoms with van der Waals surface area (Å²) in [6.45, 7) is 0.440. The largest absolute Gasteiger partial charge is 0.393 e. The van der Waals surface area contributed by atoms with Gasteiger partial charge in [-0.05, 0) is 30.4 Å². The van der Waals surface area contributed by atoms with Crippen LogP contribution in [0.25, 0.3) is 11.0 Å². The number of aromatic amines is 1. The molecular weight excluding hydrogens is 561 g/mol. The number of hydrogen-bond donors (Lipinski definition) is 7. The predicted molar refractivity (Wildman–Crippen MR) is 132 cm³/mol. The SMILES string of the molecule is C[C@H]1CCC[C@H]1Nc1nc(Cl)nc2c1cnn2[C@@H]1O[C@H](COC(CO)(Cc2nn[nH]n2)P(=O)(O)O)[C@@H](O)[C@H]1O. The van der Waals surface area contributed by atoms with E-state index in [1.54, 1.807) is 0 Å². The number of aliphatic hydroxyl groups excluding tert-OH is 3. The quantitative estimate of drug-likeness (QED) is 0.114. The first kappa shape index (κ1) is 28.2. The van der Waals surface area contributed by atoms with E-state index in [4.69, 9.17) is 21.1 Å². The van der Waals surface area contributed by atoms with Gasteiger partial charge >= 0.3 is 7.60 Å². The van der Waals surface area contributed by atoms with Gasteiger partial charge in [0.25, 0.3) is 0 Å². The highest BCUT2D eigenvalue weighted by Crippen LogP contribution is 2.53. The van der Waals surface area contributed by atoms with Crippen molar-refractivity contribution in [1.29, 1.82) is 0 Å². The van der Waals surface area contributed by atoms with Crippen molar-refractivity contribution in [2.75, 3.05) is 18.5 Å². The summed E-state index contributed by atoms with van der Waals surface area (Å²) in [5.41, 5.74) is 0.248. The Bertz CT molecular complexity index is 1340. The lowest BCUT2D eigenvalue weighted by Gasteiger charge is -2.32. The molecule has 1 unspecified atom stereocenters. The molecule has 39 heavy (non-hydrogen) atoms. The van der Waals surface area contributed by atoms with Crippen LogP contribution in [0.2, 0.25) is 5.28 Å². The van der Waals surface area contributed by atoms with Gasteiger partial charge in [0, 0.05) is 6.04 Å². The number of tetrazole rings is 1. The van der Waals surface area contributed by atoms with Crippen LogP contribution in [0.3, 0.4) is 0 Å². The number of anilines is 1. The van der Waals surface area contributed by atoms with Gasteiger partial charge in [-0.3, -0.25) is 4.57 Å². The fourth-order valence-electron chi connectivity index (χ4n) is 4.97. The van der Waals surface area contributed by atoms with Crippen molar-refractivity contribution in [3.05, 3.63) is 17.3 Å². The fraction of sp³-hybridized carbons (Fsp3) is 0.700. The number of H-pyrrole nitrogens is 1. The Kier molecular flexibility index (Phi) is 7.89. The Morgan fingerprint density at radius 3 is 2.74 bits per heavy atom. The molecule has 214 valence electrons. The number of nitrogens with one attached hydrogen (secondary N) is 2. The lowest BCUT2D eigenvalue weighted by molar-refractivity contribution is -0.109. The van der Waals surface area contributed by atoms with Gasteiger partial charge in [-0.2, -0.15) is 20.3 Å². The van der Waals surface area contributed by atoms with Crippen molar-refractivity contribution in [2.24, 2.45) is 5.92 Å². The van der Waals surface area contributed by atoms with Gasteiger partial charge in [0.2, 0.25) is 5.28 Å². The number of nitrogens with zero attached hydrogens (tertiary/aromatic N) is 7. The molecule has 1 aliphatic heterocycles. The molecule has 1 saturated carbocycles. The molecule has 0 aromatic carbocycles. The average Bonchev–Trinajstić information content (AvgIpc) is 3.67. The second-order valence-corrected chi connectivity index (χ2v) is 12.1. The zero-order valence-electron chi connectivity index (χ0n) is 20.7. The Balaban J connectivity index is 1.37. The third kappa shape index (κ3) is 5.38. The molecule has 2 aliphatic rings. The summed E-state index contributed by atoms with van der Waals surface area (Å²) in [5.74, 6) is 0.812. The van der Waals surface area contributed by atoms with Crippen molar-refractivity contribution in [1.82, 2.24) is 40.4 Å². The van der Waals surface area contributed by atoms with Gasteiger partial charge in [-0.1, -0.05) is 18.6 Å². The van der Waals surface area contributed by atoms with E-state index in [1.807, 2.05) is 0 Å².